The molecule has 1 aromatic heterocycles. The Morgan fingerprint density at radius 2 is 1.77 bits per heavy atom. The Labute approximate surface area is 188 Å². The maximum atomic E-state index is 11.5. The van der Waals surface area contributed by atoms with E-state index in [4.69, 9.17) is 23.2 Å². The lowest BCUT2D eigenvalue weighted by molar-refractivity contribution is 0.0377. The zero-order chi connectivity index (χ0) is 21.2. The number of benzene rings is 2. The van der Waals surface area contributed by atoms with Crippen molar-refractivity contribution >= 4 is 34.1 Å². The average molecular weight is 443 g/mol. The van der Waals surface area contributed by atoms with Crippen LogP contribution in [0.5, 0.6) is 0 Å². The van der Waals surface area contributed by atoms with Crippen LogP contribution in [-0.4, -0.2) is 26.7 Å². The van der Waals surface area contributed by atoms with E-state index in [9.17, 15) is 5.11 Å². The second-order valence-electron chi connectivity index (χ2n) is 9.38. The molecule has 1 saturated heterocycles. The van der Waals surface area contributed by atoms with Crippen molar-refractivity contribution in [3.05, 3.63) is 69.3 Å². The maximum Gasteiger partial charge on any atom is 0.105 e. The van der Waals surface area contributed by atoms with Gasteiger partial charge in [-0.15, -0.1) is 0 Å². The summed E-state index contributed by atoms with van der Waals surface area (Å²) in [6.07, 6.45) is 3.44. The van der Waals surface area contributed by atoms with Gasteiger partial charge in [-0.25, -0.2) is 0 Å². The van der Waals surface area contributed by atoms with Crippen LogP contribution in [-0.2, 0) is 18.6 Å². The lowest BCUT2D eigenvalue weighted by Gasteiger charge is -2.39. The number of rotatable bonds is 4. The summed E-state index contributed by atoms with van der Waals surface area (Å²) in [6.45, 7) is 6.99. The quantitative estimate of drug-likeness (QED) is 0.511. The van der Waals surface area contributed by atoms with E-state index in [1.165, 1.54) is 29.5 Å². The molecule has 0 aliphatic carbocycles. The summed E-state index contributed by atoms with van der Waals surface area (Å²) in [7, 11) is 0. The minimum absolute atomic E-state index is 0.432. The van der Waals surface area contributed by atoms with Crippen molar-refractivity contribution in [3.63, 3.8) is 0 Å². The van der Waals surface area contributed by atoms with Crippen molar-refractivity contribution in [2.75, 3.05) is 0 Å². The molecule has 5 heteroatoms. The van der Waals surface area contributed by atoms with Gasteiger partial charge in [0.25, 0.3) is 0 Å². The largest absolute Gasteiger partial charge is 0.384 e. The molecule has 158 valence electrons. The van der Waals surface area contributed by atoms with Crippen LogP contribution in [0.25, 0.3) is 10.9 Å². The number of hydrogen-bond donors (Lipinski definition) is 1. The van der Waals surface area contributed by atoms with Crippen LogP contribution in [0.15, 0.2) is 42.5 Å². The number of aromatic nitrogens is 1. The Bertz CT molecular complexity index is 1100. The fourth-order valence-corrected chi connectivity index (χ4v) is 6.09. The first-order valence-corrected chi connectivity index (χ1v) is 11.6. The molecule has 0 spiro atoms. The van der Waals surface area contributed by atoms with E-state index in [1.807, 2.05) is 37.3 Å². The number of fused-ring (bicyclic) bond motifs is 6. The van der Waals surface area contributed by atoms with Crippen LogP contribution in [0.3, 0.4) is 0 Å². The number of halogens is 2. The normalized spacial score (nSPS) is 23.2. The zero-order valence-corrected chi connectivity index (χ0v) is 19.2. The highest BCUT2D eigenvalue weighted by Crippen LogP contribution is 2.49. The zero-order valence-electron chi connectivity index (χ0n) is 17.7. The summed E-state index contributed by atoms with van der Waals surface area (Å²) in [4.78, 5) is 2.68. The highest BCUT2D eigenvalue weighted by Gasteiger charge is 2.44. The molecule has 3 unspecified atom stereocenters. The minimum atomic E-state index is -1.00. The minimum Gasteiger partial charge on any atom is -0.384 e. The summed E-state index contributed by atoms with van der Waals surface area (Å²) >= 11 is 12.5. The third kappa shape index (κ3) is 3.18. The fraction of sp³-hybridized carbons (Fsp3) is 0.440. The lowest BCUT2D eigenvalue weighted by Crippen LogP contribution is -2.42. The second kappa shape index (κ2) is 7.27. The van der Waals surface area contributed by atoms with E-state index < -0.39 is 5.60 Å². The van der Waals surface area contributed by atoms with Gasteiger partial charge in [-0.1, -0.05) is 35.3 Å². The molecular formula is C25H28Cl2N2O. The molecule has 0 saturated carbocycles. The second-order valence-corrected chi connectivity index (χ2v) is 10.3. The van der Waals surface area contributed by atoms with Gasteiger partial charge in [0.2, 0.25) is 0 Å². The summed E-state index contributed by atoms with van der Waals surface area (Å²) in [6, 6.07) is 15.2. The summed E-state index contributed by atoms with van der Waals surface area (Å²) in [5.74, 6) is 0. The Balaban J connectivity index is 1.65. The predicted molar refractivity (Wildman–Crippen MR) is 124 cm³/mol. The molecule has 3 heterocycles. The van der Waals surface area contributed by atoms with Crippen LogP contribution >= 0.6 is 23.2 Å². The molecular weight excluding hydrogens is 415 g/mol. The molecule has 0 radical (unpaired) electrons. The van der Waals surface area contributed by atoms with Gasteiger partial charge in [0.05, 0.1) is 6.54 Å². The Morgan fingerprint density at radius 1 is 1.07 bits per heavy atom. The monoisotopic (exact) mass is 442 g/mol. The van der Waals surface area contributed by atoms with E-state index in [0.717, 1.165) is 22.5 Å². The lowest BCUT2D eigenvalue weighted by atomic mass is 9.94. The topological polar surface area (TPSA) is 28.4 Å². The van der Waals surface area contributed by atoms with E-state index in [1.54, 1.807) is 0 Å². The number of hydrogen-bond acceptors (Lipinski definition) is 2. The summed E-state index contributed by atoms with van der Waals surface area (Å²) in [5, 5.41) is 14.1. The van der Waals surface area contributed by atoms with Crippen molar-refractivity contribution in [2.24, 2.45) is 0 Å². The van der Waals surface area contributed by atoms with E-state index in [-0.39, 0.29) is 0 Å². The molecule has 0 amide bonds. The molecule has 2 aliphatic heterocycles. The molecule has 1 N–H and O–H groups in total. The van der Waals surface area contributed by atoms with Gasteiger partial charge in [-0.3, -0.25) is 4.90 Å². The molecule has 3 nitrogen and oxygen atoms in total. The van der Waals surface area contributed by atoms with Gasteiger partial charge in [0.15, 0.2) is 0 Å². The maximum absolute atomic E-state index is 11.5. The third-order valence-corrected chi connectivity index (χ3v) is 7.51. The van der Waals surface area contributed by atoms with E-state index in [2.05, 4.69) is 35.4 Å². The average Bonchev–Trinajstić information content (AvgIpc) is 3.16. The predicted octanol–water partition coefficient (Wildman–Crippen LogP) is 6.33. The Kier molecular flexibility index (Phi) is 4.94. The van der Waals surface area contributed by atoms with Gasteiger partial charge in [-0.05, 0) is 75.1 Å². The highest BCUT2D eigenvalue weighted by molar-refractivity contribution is 6.31. The molecule has 2 aliphatic rings. The number of aliphatic hydroxyl groups is 1. The molecule has 3 atom stereocenters. The van der Waals surface area contributed by atoms with Crippen LogP contribution in [0.4, 0.5) is 0 Å². The van der Waals surface area contributed by atoms with E-state index in [0.29, 0.717) is 29.7 Å². The van der Waals surface area contributed by atoms with Crippen LogP contribution in [0.2, 0.25) is 10.0 Å². The van der Waals surface area contributed by atoms with Gasteiger partial charge in [-0.2, -0.15) is 0 Å². The van der Waals surface area contributed by atoms with Crippen molar-refractivity contribution in [3.8, 4) is 0 Å². The van der Waals surface area contributed by atoms with Crippen molar-refractivity contribution < 1.29 is 5.11 Å². The smallest absolute Gasteiger partial charge is 0.105 e. The SMILES string of the molecule is CC(C)N1C2CCC1c1c(n(CC(C)(O)c3ccc(Cl)cc3)c3ccc(Cl)cc13)C2. The van der Waals surface area contributed by atoms with Crippen molar-refractivity contribution in [1.82, 2.24) is 9.47 Å². The first-order valence-electron chi connectivity index (χ1n) is 10.8. The molecule has 3 aromatic rings. The van der Waals surface area contributed by atoms with Gasteiger partial charge < -0.3 is 9.67 Å². The standard InChI is InChI=1S/C25H28Cl2N2O/c1-15(2)29-19-9-11-22(29)24-20-12-18(27)8-10-21(20)28(23(24)13-19)14-25(3,30)16-4-6-17(26)7-5-16/h4-8,10,12,15,19,22,30H,9,11,13-14H2,1-3H3. The first kappa shape index (κ1) is 20.4. The molecule has 1 fully saturated rings. The van der Waals surface area contributed by atoms with Crippen molar-refractivity contribution in [2.45, 2.75) is 70.3 Å². The van der Waals surface area contributed by atoms with Gasteiger partial charge in [0.1, 0.15) is 5.60 Å². The number of nitrogens with zero attached hydrogens (tertiary/aromatic N) is 2. The molecule has 2 bridgehead atoms. The molecule has 2 aromatic carbocycles. The van der Waals surface area contributed by atoms with Crippen LogP contribution in [0, 0.1) is 0 Å². The van der Waals surface area contributed by atoms with E-state index >= 15 is 0 Å². The van der Waals surface area contributed by atoms with Gasteiger partial charge >= 0.3 is 0 Å². The Morgan fingerprint density at radius 3 is 2.47 bits per heavy atom. The summed E-state index contributed by atoms with van der Waals surface area (Å²) in [5.41, 5.74) is 3.82. The molecule has 30 heavy (non-hydrogen) atoms. The third-order valence-electron chi connectivity index (χ3n) is 7.02. The Hall–Kier alpha value is -1.52. The summed E-state index contributed by atoms with van der Waals surface area (Å²) < 4.78 is 2.35. The van der Waals surface area contributed by atoms with Gasteiger partial charge in [0, 0.05) is 51.2 Å². The van der Waals surface area contributed by atoms with Crippen LogP contribution in [0.1, 0.15) is 56.5 Å². The van der Waals surface area contributed by atoms with Crippen LogP contribution < -0.4 is 0 Å². The van der Waals surface area contributed by atoms with Crippen molar-refractivity contribution in [1.29, 1.82) is 0 Å². The fourth-order valence-electron chi connectivity index (χ4n) is 5.79. The highest BCUT2D eigenvalue weighted by atomic mass is 35.5. The molecule has 5 rings (SSSR count). The first-order chi connectivity index (χ1) is 14.3.